The van der Waals surface area contributed by atoms with E-state index in [1.165, 1.54) is 12.1 Å². The second-order valence-electron chi connectivity index (χ2n) is 4.99. The molecule has 0 saturated heterocycles. The lowest BCUT2D eigenvalue weighted by Gasteiger charge is -2.08. The molecule has 0 aliphatic heterocycles. The van der Waals surface area contributed by atoms with E-state index in [0.717, 1.165) is 19.1 Å². The van der Waals surface area contributed by atoms with Gasteiger partial charge in [0.25, 0.3) is 0 Å². The molecule has 1 saturated carbocycles. The highest BCUT2D eigenvalue weighted by molar-refractivity contribution is 5.42. The van der Waals surface area contributed by atoms with Crippen LogP contribution < -0.4 is 10.6 Å². The zero-order chi connectivity index (χ0) is 10.7. The first-order chi connectivity index (χ1) is 7.18. The fourth-order valence-corrected chi connectivity index (χ4v) is 1.82. The number of benzene rings is 1. The van der Waals surface area contributed by atoms with Gasteiger partial charge in [-0.15, -0.1) is 0 Å². The van der Waals surface area contributed by atoms with Gasteiger partial charge in [-0.3, -0.25) is 0 Å². The van der Waals surface area contributed by atoms with Gasteiger partial charge in [-0.25, -0.2) is 0 Å². The van der Waals surface area contributed by atoms with Gasteiger partial charge < -0.3 is 10.6 Å². The Morgan fingerprint density at radius 2 is 1.87 bits per heavy atom. The molecule has 2 rings (SSSR count). The Hall–Kier alpha value is -1.02. The largest absolute Gasteiger partial charge is 0.384 e. The fraction of sp³-hybridized carbons (Fsp3) is 0.538. The van der Waals surface area contributed by atoms with Crippen molar-refractivity contribution in [2.45, 2.75) is 26.3 Å². The molecule has 0 spiro atoms. The van der Waals surface area contributed by atoms with Gasteiger partial charge in [-0.2, -0.15) is 0 Å². The number of hydrogen-bond donors (Lipinski definition) is 2. The third kappa shape index (κ3) is 2.96. The van der Waals surface area contributed by atoms with Crippen LogP contribution in [0.15, 0.2) is 30.3 Å². The first-order valence-corrected chi connectivity index (χ1v) is 5.71. The monoisotopic (exact) mass is 204 g/mol. The molecule has 0 radical (unpaired) electrons. The maximum atomic E-state index is 3.55. The van der Waals surface area contributed by atoms with Gasteiger partial charge >= 0.3 is 0 Å². The van der Waals surface area contributed by atoms with Gasteiger partial charge in [0, 0.05) is 24.8 Å². The summed E-state index contributed by atoms with van der Waals surface area (Å²) >= 11 is 0. The molecule has 0 heterocycles. The minimum absolute atomic E-state index is 0.534. The molecule has 1 aliphatic carbocycles. The molecule has 1 aliphatic rings. The number of para-hydroxylation sites is 1. The molecule has 0 amide bonds. The van der Waals surface area contributed by atoms with E-state index in [0.29, 0.717) is 5.41 Å². The predicted octanol–water partition coefficient (Wildman–Crippen LogP) is 2.49. The summed E-state index contributed by atoms with van der Waals surface area (Å²) in [6, 6.07) is 11.1. The fourth-order valence-electron chi connectivity index (χ4n) is 1.82. The molecule has 0 aromatic heterocycles. The molecular formula is C13H20N2. The van der Waals surface area contributed by atoms with E-state index in [2.05, 4.69) is 48.7 Å². The topological polar surface area (TPSA) is 24.1 Å². The number of anilines is 1. The highest BCUT2D eigenvalue weighted by Crippen LogP contribution is 2.44. The number of nitrogens with one attached hydrogen (secondary N) is 2. The lowest BCUT2D eigenvalue weighted by Crippen LogP contribution is -2.26. The van der Waals surface area contributed by atoms with Crippen molar-refractivity contribution in [3.05, 3.63) is 30.3 Å². The van der Waals surface area contributed by atoms with E-state index < -0.39 is 0 Å². The van der Waals surface area contributed by atoms with Crippen LogP contribution in [0.4, 0.5) is 5.69 Å². The van der Waals surface area contributed by atoms with Crippen LogP contribution in [0.1, 0.15) is 20.3 Å². The van der Waals surface area contributed by atoms with Crippen LogP contribution in [0.5, 0.6) is 0 Å². The average Bonchev–Trinajstić information content (AvgIpc) is 2.83. The van der Waals surface area contributed by atoms with Gasteiger partial charge in [-0.05, 0) is 24.0 Å². The zero-order valence-electron chi connectivity index (χ0n) is 9.59. The predicted molar refractivity (Wildman–Crippen MR) is 65.1 cm³/mol. The Labute approximate surface area is 92.1 Å². The van der Waals surface area contributed by atoms with Gasteiger partial charge in [0.05, 0.1) is 0 Å². The summed E-state index contributed by atoms with van der Waals surface area (Å²) in [6.07, 6.45) is 1.32. The minimum atomic E-state index is 0.534. The quantitative estimate of drug-likeness (QED) is 0.720. The summed E-state index contributed by atoms with van der Waals surface area (Å²) in [4.78, 5) is 0. The van der Waals surface area contributed by atoms with Crippen molar-refractivity contribution < 1.29 is 0 Å². The van der Waals surface area contributed by atoms with Crippen LogP contribution in [0.2, 0.25) is 0 Å². The second-order valence-corrected chi connectivity index (χ2v) is 4.99. The summed E-state index contributed by atoms with van der Waals surface area (Å²) < 4.78 is 0. The Kier molecular flexibility index (Phi) is 2.96. The van der Waals surface area contributed by atoms with Crippen molar-refractivity contribution in [3.63, 3.8) is 0 Å². The maximum absolute atomic E-state index is 3.55. The van der Waals surface area contributed by atoms with E-state index in [1.807, 2.05) is 6.07 Å². The zero-order valence-corrected chi connectivity index (χ0v) is 9.59. The molecule has 82 valence electrons. The van der Waals surface area contributed by atoms with Crippen molar-refractivity contribution in [2.24, 2.45) is 5.41 Å². The van der Waals surface area contributed by atoms with Crippen molar-refractivity contribution in [2.75, 3.05) is 18.4 Å². The average molecular weight is 204 g/mol. The molecule has 0 bridgehead atoms. The van der Waals surface area contributed by atoms with E-state index in [4.69, 9.17) is 0 Å². The Morgan fingerprint density at radius 1 is 1.20 bits per heavy atom. The molecule has 1 unspecified atom stereocenters. The lowest BCUT2D eigenvalue weighted by atomic mass is 10.2. The Balaban J connectivity index is 1.60. The third-order valence-electron chi connectivity index (χ3n) is 3.13. The van der Waals surface area contributed by atoms with Crippen LogP contribution in [0.3, 0.4) is 0 Å². The molecular weight excluding hydrogens is 184 g/mol. The van der Waals surface area contributed by atoms with Crippen molar-refractivity contribution in [1.29, 1.82) is 0 Å². The first-order valence-electron chi connectivity index (χ1n) is 5.71. The van der Waals surface area contributed by atoms with Gasteiger partial charge in [0.1, 0.15) is 0 Å². The number of rotatable bonds is 5. The summed E-state index contributed by atoms with van der Waals surface area (Å²) in [5, 5.41) is 6.95. The van der Waals surface area contributed by atoms with Crippen molar-refractivity contribution in [1.82, 2.24) is 5.32 Å². The van der Waals surface area contributed by atoms with Gasteiger partial charge in [-0.1, -0.05) is 32.0 Å². The normalized spacial score (nSPS) is 22.4. The van der Waals surface area contributed by atoms with Crippen LogP contribution in [0.25, 0.3) is 0 Å². The minimum Gasteiger partial charge on any atom is -0.384 e. The molecule has 1 atom stereocenters. The summed E-state index contributed by atoms with van der Waals surface area (Å²) in [5.74, 6) is 0. The van der Waals surface area contributed by atoms with E-state index in [1.54, 1.807) is 0 Å². The summed E-state index contributed by atoms with van der Waals surface area (Å²) in [7, 11) is 0. The lowest BCUT2D eigenvalue weighted by molar-refractivity contribution is 0.549. The molecule has 1 aromatic carbocycles. The Morgan fingerprint density at radius 3 is 2.47 bits per heavy atom. The van der Waals surface area contributed by atoms with Crippen LogP contribution >= 0.6 is 0 Å². The van der Waals surface area contributed by atoms with E-state index >= 15 is 0 Å². The molecule has 2 heteroatoms. The highest BCUT2D eigenvalue weighted by Gasteiger charge is 2.44. The Bertz CT molecular complexity index is 306. The first kappa shape index (κ1) is 10.5. The molecule has 2 nitrogen and oxygen atoms in total. The molecule has 2 N–H and O–H groups in total. The molecule has 1 aromatic rings. The third-order valence-corrected chi connectivity index (χ3v) is 3.13. The van der Waals surface area contributed by atoms with E-state index in [-0.39, 0.29) is 0 Å². The van der Waals surface area contributed by atoms with E-state index in [9.17, 15) is 0 Å². The smallest absolute Gasteiger partial charge is 0.0340 e. The maximum Gasteiger partial charge on any atom is 0.0340 e. The highest BCUT2D eigenvalue weighted by atomic mass is 15.0. The second kappa shape index (κ2) is 4.23. The van der Waals surface area contributed by atoms with Crippen molar-refractivity contribution in [3.8, 4) is 0 Å². The SMILES string of the molecule is CC1(C)CC1NCCNc1ccccc1. The number of hydrogen-bond acceptors (Lipinski definition) is 2. The van der Waals surface area contributed by atoms with Crippen LogP contribution in [-0.2, 0) is 0 Å². The van der Waals surface area contributed by atoms with Gasteiger partial charge in [0.2, 0.25) is 0 Å². The molecule has 15 heavy (non-hydrogen) atoms. The molecule has 1 fully saturated rings. The standard InChI is InChI=1S/C13H20N2/c1-13(2)10-12(13)15-9-8-14-11-6-4-3-5-7-11/h3-7,12,14-15H,8-10H2,1-2H3. The van der Waals surface area contributed by atoms with Crippen molar-refractivity contribution >= 4 is 5.69 Å². The van der Waals surface area contributed by atoms with Gasteiger partial charge in [0.15, 0.2) is 0 Å². The summed E-state index contributed by atoms with van der Waals surface area (Å²) in [5.41, 5.74) is 1.74. The van der Waals surface area contributed by atoms with Crippen LogP contribution in [0, 0.1) is 5.41 Å². The van der Waals surface area contributed by atoms with Crippen LogP contribution in [-0.4, -0.2) is 19.1 Å². The summed E-state index contributed by atoms with van der Waals surface area (Å²) in [6.45, 7) is 6.67.